The molecule has 0 aromatic heterocycles. The number of nitrogens with zero attached hydrogens (tertiary/aromatic N) is 1. The number of hydrogen-bond acceptors (Lipinski definition) is 4. The minimum Gasteiger partial charge on any atom is -0.491 e. The van der Waals surface area contributed by atoms with E-state index >= 15 is 0 Å². The first-order valence-corrected chi connectivity index (χ1v) is 8.53. The van der Waals surface area contributed by atoms with E-state index in [1.807, 2.05) is 36.1 Å². The van der Waals surface area contributed by atoms with Gasteiger partial charge in [0.2, 0.25) is 5.91 Å². The lowest BCUT2D eigenvalue weighted by Crippen LogP contribution is -2.36. The Morgan fingerprint density at radius 1 is 1.04 bits per heavy atom. The van der Waals surface area contributed by atoms with E-state index in [1.54, 1.807) is 0 Å². The number of nitrogens with one attached hydrogen (secondary N) is 1. The summed E-state index contributed by atoms with van der Waals surface area (Å²) in [5, 5.41) is 3.17. The highest BCUT2D eigenvalue weighted by Crippen LogP contribution is 2.15. The summed E-state index contributed by atoms with van der Waals surface area (Å²) in [6, 6.07) is 7.64. The van der Waals surface area contributed by atoms with E-state index in [0.29, 0.717) is 26.4 Å². The molecule has 1 amide bonds. The maximum absolute atomic E-state index is 12.2. The minimum atomic E-state index is 0.144. The van der Waals surface area contributed by atoms with E-state index in [-0.39, 0.29) is 5.91 Å². The Bertz CT molecular complexity index is 428. The Balaban J connectivity index is 2.38. The van der Waals surface area contributed by atoms with Crippen LogP contribution in [0.4, 0.5) is 5.69 Å². The van der Waals surface area contributed by atoms with Crippen LogP contribution in [-0.4, -0.2) is 50.3 Å². The van der Waals surface area contributed by atoms with Gasteiger partial charge in [-0.15, -0.1) is 0 Å². The molecule has 0 aliphatic carbocycles. The summed E-state index contributed by atoms with van der Waals surface area (Å²) in [6.45, 7) is 9.95. The monoisotopic (exact) mass is 322 g/mol. The zero-order chi connectivity index (χ0) is 16.9. The van der Waals surface area contributed by atoms with Crippen molar-refractivity contribution in [1.82, 2.24) is 4.90 Å². The molecule has 0 fully saturated rings. The predicted octanol–water partition coefficient (Wildman–Crippen LogP) is 3.16. The van der Waals surface area contributed by atoms with Crippen molar-refractivity contribution >= 4 is 11.6 Å². The topological polar surface area (TPSA) is 50.8 Å². The number of carbonyl (C=O) groups is 1. The number of hydrogen-bond donors (Lipinski definition) is 1. The third kappa shape index (κ3) is 7.88. The lowest BCUT2D eigenvalue weighted by Gasteiger charge is -2.21. The first-order valence-electron chi connectivity index (χ1n) is 8.53. The summed E-state index contributed by atoms with van der Waals surface area (Å²) in [5.41, 5.74) is 0.920. The van der Waals surface area contributed by atoms with Gasteiger partial charge in [0.25, 0.3) is 0 Å². The number of ether oxygens (including phenoxy) is 2. The molecular formula is C18H30N2O3. The standard InChI is InChI=1S/C18H30N2O3/c1-4-11-20(12-5-2)18(21)15-19-16-7-9-17(10-8-16)23-14-13-22-6-3/h7-10,19H,4-6,11-15H2,1-3H3. The van der Waals surface area contributed by atoms with Crippen molar-refractivity contribution in [2.75, 3.05) is 44.8 Å². The van der Waals surface area contributed by atoms with Gasteiger partial charge in [0.1, 0.15) is 12.4 Å². The fourth-order valence-corrected chi connectivity index (χ4v) is 2.22. The fraction of sp³-hybridized carbons (Fsp3) is 0.611. The Hall–Kier alpha value is -1.75. The summed E-state index contributed by atoms with van der Waals surface area (Å²) in [4.78, 5) is 14.1. The van der Waals surface area contributed by atoms with E-state index in [9.17, 15) is 4.79 Å². The first kappa shape index (κ1) is 19.3. The fourth-order valence-electron chi connectivity index (χ4n) is 2.22. The lowest BCUT2D eigenvalue weighted by atomic mass is 10.3. The van der Waals surface area contributed by atoms with Crippen LogP contribution >= 0.6 is 0 Å². The number of benzene rings is 1. The first-order chi connectivity index (χ1) is 11.2. The van der Waals surface area contributed by atoms with Crippen molar-refractivity contribution in [2.45, 2.75) is 33.6 Å². The molecular weight excluding hydrogens is 292 g/mol. The zero-order valence-corrected chi connectivity index (χ0v) is 14.6. The van der Waals surface area contributed by atoms with Gasteiger partial charge in [-0.05, 0) is 44.0 Å². The van der Waals surface area contributed by atoms with Crippen molar-refractivity contribution in [2.24, 2.45) is 0 Å². The highest BCUT2D eigenvalue weighted by molar-refractivity contribution is 5.80. The van der Waals surface area contributed by atoms with Crippen LogP contribution in [0.2, 0.25) is 0 Å². The molecule has 1 rings (SSSR count). The predicted molar refractivity (Wildman–Crippen MR) is 94.1 cm³/mol. The maximum atomic E-state index is 12.2. The zero-order valence-electron chi connectivity index (χ0n) is 14.6. The average Bonchev–Trinajstić information content (AvgIpc) is 2.57. The van der Waals surface area contributed by atoms with Crippen molar-refractivity contribution in [1.29, 1.82) is 0 Å². The van der Waals surface area contributed by atoms with Gasteiger partial charge in [-0.1, -0.05) is 13.8 Å². The van der Waals surface area contributed by atoms with Crippen LogP contribution < -0.4 is 10.1 Å². The Morgan fingerprint density at radius 3 is 2.26 bits per heavy atom. The third-order valence-electron chi connectivity index (χ3n) is 3.34. The largest absolute Gasteiger partial charge is 0.491 e. The number of rotatable bonds is 12. The van der Waals surface area contributed by atoms with Gasteiger partial charge >= 0.3 is 0 Å². The van der Waals surface area contributed by atoms with Gasteiger partial charge in [-0.2, -0.15) is 0 Å². The summed E-state index contributed by atoms with van der Waals surface area (Å²) >= 11 is 0. The van der Waals surface area contributed by atoms with E-state index in [1.165, 1.54) is 0 Å². The van der Waals surface area contributed by atoms with Crippen LogP contribution in [0.15, 0.2) is 24.3 Å². The summed E-state index contributed by atoms with van der Waals surface area (Å²) in [5.74, 6) is 0.950. The van der Waals surface area contributed by atoms with Gasteiger partial charge in [0.05, 0.1) is 13.2 Å². The van der Waals surface area contributed by atoms with E-state index < -0.39 is 0 Å². The van der Waals surface area contributed by atoms with Crippen LogP contribution in [0.3, 0.4) is 0 Å². The van der Waals surface area contributed by atoms with E-state index in [0.717, 1.165) is 37.4 Å². The summed E-state index contributed by atoms with van der Waals surface area (Å²) in [7, 11) is 0. The number of anilines is 1. The normalized spacial score (nSPS) is 10.4. The molecule has 5 nitrogen and oxygen atoms in total. The molecule has 130 valence electrons. The molecule has 1 aromatic rings. The van der Waals surface area contributed by atoms with Crippen LogP contribution in [0.5, 0.6) is 5.75 Å². The molecule has 0 radical (unpaired) electrons. The Kier molecular flexibility index (Phi) is 9.87. The molecule has 0 bridgehead atoms. The molecule has 5 heteroatoms. The molecule has 1 N–H and O–H groups in total. The van der Waals surface area contributed by atoms with Gasteiger partial charge in [-0.3, -0.25) is 4.79 Å². The SMILES string of the molecule is CCCN(CCC)C(=O)CNc1ccc(OCCOCC)cc1. The molecule has 1 aromatic carbocycles. The van der Waals surface area contributed by atoms with Gasteiger partial charge in [0.15, 0.2) is 0 Å². The minimum absolute atomic E-state index is 0.144. The lowest BCUT2D eigenvalue weighted by molar-refractivity contribution is -0.129. The van der Waals surface area contributed by atoms with E-state index in [2.05, 4.69) is 19.2 Å². The Morgan fingerprint density at radius 2 is 1.70 bits per heavy atom. The van der Waals surface area contributed by atoms with Crippen LogP contribution in [0.25, 0.3) is 0 Å². The van der Waals surface area contributed by atoms with Crippen LogP contribution in [0.1, 0.15) is 33.6 Å². The van der Waals surface area contributed by atoms with Crippen LogP contribution in [-0.2, 0) is 9.53 Å². The second-order valence-corrected chi connectivity index (χ2v) is 5.30. The molecule has 0 atom stereocenters. The number of carbonyl (C=O) groups excluding carboxylic acids is 1. The third-order valence-corrected chi connectivity index (χ3v) is 3.34. The Labute approximate surface area is 140 Å². The highest BCUT2D eigenvalue weighted by Gasteiger charge is 2.10. The second kappa shape index (κ2) is 11.8. The van der Waals surface area contributed by atoms with Gasteiger partial charge < -0.3 is 19.7 Å². The molecule has 0 spiro atoms. The summed E-state index contributed by atoms with van der Waals surface area (Å²) < 4.78 is 10.8. The quantitative estimate of drug-likeness (QED) is 0.601. The van der Waals surface area contributed by atoms with Crippen molar-refractivity contribution < 1.29 is 14.3 Å². The second-order valence-electron chi connectivity index (χ2n) is 5.30. The highest BCUT2D eigenvalue weighted by atomic mass is 16.5. The number of amides is 1. The molecule has 0 aliphatic heterocycles. The molecule has 0 saturated heterocycles. The van der Waals surface area contributed by atoms with Gasteiger partial charge in [0, 0.05) is 25.4 Å². The average molecular weight is 322 g/mol. The van der Waals surface area contributed by atoms with Crippen molar-refractivity contribution in [3.8, 4) is 5.75 Å². The molecule has 23 heavy (non-hydrogen) atoms. The van der Waals surface area contributed by atoms with Gasteiger partial charge in [-0.25, -0.2) is 0 Å². The maximum Gasteiger partial charge on any atom is 0.241 e. The van der Waals surface area contributed by atoms with Crippen molar-refractivity contribution in [3.63, 3.8) is 0 Å². The van der Waals surface area contributed by atoms with Crippen LogP contribution in [0, 0.1) is 0 Å². The smallest absolute Gasteiger partial charge is 0.241 e. The summed E-state index contributed by atoms with van der Waals surface area (Å²) in [6.07, 6.45) is 1.97. The molecule has 0 heterocycles. The molecule has 0 unspecified atom stereocenters. The van der Waals surface area contributed by atoms with E-state index in [4.69, 9.17) is 9.47 Å². The molecule has 0 aliphatic rings. The molecule has 0 saturated carbocycles. The van der Waals surface area contributed by atoms with Crippen molar-refractivity contribution in [3.05, 3.63) is 24.3 Å².